The molecule has 0 radical (unpaired) electrons. The van der Waals surface area contributed by atoms with Crippen LogP contribution in [0.15, 0.2) is 48.5 Å². The molecule has 138 valence electrons. The molecule has 0 unspecified atom stereocenters. The van der Waals surface area contributed by atoms with Gasteiger partial charge < -0.3 is 19.5 Å². The van der Waals surface area contributed by atoms with Gasteiger partial charge in [0.2, 0.25) is 0 Å². The molecule has 1 amide bonds. The lowest BCUT2D eigenvalue weighted by molar-refractivity contribution is -0.147. The normalized spacial score (nSPS) is 10.3. The predicted octanol–water partition coefficient (Wildman–Crippen LogP) is 3.53. The van der Waals surface area contributed by atoms with Crippen molar-refractivity contribution in [1.82, 2.24) is 0 Å². The lowest BCUT2D eigenvalue weighted by Gasteiger charge is -2.11. The summed E-state index contributed by atoms with van der Waals surface area (Å²) in [6.07, 6.45) is 0. The number of carbonyl (C=O) groups excluding carboxylic acids is 2. The number of methoxy groups -OCH3 is 1. The minimum atomic E-state index is -0.420. The molecule has 2 rings (SSSR count). The van der Waals surface area contributed by atoms with E-state index in [0.29, 0.717) is 29.4 Å². The van der Waals surface area contributed by atoms with Crippen LogP contribution in [0.3, 0.4) is 0 Å². The molecule has 0 spiro atoms. The number of anilines is 1. The number of benzene rings is 2. The van der Waals surface area contributed by atoms with Crippen molar-refractivity contribution >= 4 is 17.6 Å². The van der Waals surface area contributed by atoms with Gasteiger partial charge in [0.15, 0.2) is 6.61 Å². The van der Waals surface area contributed by atoms with Crippen molar-refractivity contribution in [3.05, 3.63) is 54.1 Å². The van der Waals surface area contributed by atoms with Gasteiger partial charge in [0.05, 0.1) is 19.4 Å². The van der Waals surface area contributed by atoms with Gasteiger partial charge >= 0.3 is 5.97 Å². The summed E-state index contributed by atoms with van der Waals surface area (Å²) in [5.74, 6) is 0.662. The maximum Gasteiger partial charge on any atom is 0.344 e. The smallest absolute Gasteiger partial charge is 0.344 e. The number of rotatable bonds is 8. The number of carbonyl (C=O) groups is 2. The zero-order valence-electron chi connectivity index (χ0n) is 15.2. The third kappa shape index (κ3) is 5.81. The van der Waals surface area contributed by atoms with Crippen LogP contribution in [0.25, 0.3) is 0 Å². The Kier molecular flexibility index (Phi) is 7.02. The molecule has 1 N–H and O–H groups in total. The lowest BCUT2D eigenvalue weighted by atomic mass is 10.2. The number of nitrogens with one attached hydrogen (secondary N) is 1. The highest BCUT2D eigenvalue weighted by atomic mass is 16.6. The van der Waals surface area contributed by atoms with Gasteiger partial charge in [0, 0.05) is 5.56 Å². The molecule has 0 heterocycles. The molecule has 0 fully saturated rings. The Morgan fingerprint density at radius 1 is 1.04 bits per heavy atom. The Morgan fingerprint density at radius 3 is 2.38 bits per heavy atom. The van der Waals surface area contributed by atoms with Crippen LogP contribution in [-0.4, -0.2) is 32.2 Å². The second-order valence-electron chi connectivity index (χ2n) is 6.04. The third-order valence-corrected chi connectivity index (χ3v) is 3.41. The molecule has 6 nitrogen and oxygen atoms in total. The van der Waals surface area contributed by atoms with E-state index in [-0.39, 0.29) is 18.4 Å². The molecule has 2 aromatic carbocycles. The summed E-state index contributed by atoms with van der Waals surface area (Å²) < 4.78 is 15.6. The first-order valence-corrected chi connectivity index (χ1v) is 8.32. The first kappa shape index (κ1) is 19.3. The molecule has 0 aliphatic heterocycles. The Labute approximate surface area is 153 Å². The predicted molar refractivity (Wildman–Crippen MR) is 98.7 cm³/mol. The maximum absolute atomic E-state index is 12.3. The summed E-state index contributed by atoms with van der Waals surface area (Å²) in [7, 11) is 1.54. The summed E-state index contributed by atoms with van der Waals surface area (Å²) in [6.45, 7) is 4.12. The molecule has 0 aliphatic carbocycles. The second-order valence-corrected chi connectivity index (χ2v) is 6.04. The highest BCUT2D eigenvalue weighted by molar-refractivity contribution is 6.05. The Hall–Kier alpha value is -3.02. The summed E-state index contributed by atoms with van der Waals surface area (Å²) >= 11 is 0. The summed E-state index contributed by atoms with van der Waals surface area (Å²) in [4.78, 5) is 23.9. The van der Waals surface area contributed by atoms with Crippen molar-refractivity contribution in [2.75, 3.05) is 25.6 Å². The fourth-order valence-corrected chi connectivity index (χ4v) is 2.09. The number of hydrogen-bond donors (Lipinski definition) is 1. The van der Waals surface area contributed by atoms with Crippen molar-refractivity contribution in [3.8, 4) is 11.5 Å². The fourth-order valence-electron chi connectivity index (χ4n) is 2.09. The van der Waals surface area contributed by atoms with Gasteiger partial charge in [-0.15, -0.1) is 0 Å². The molecule has 0 saturated carbocycles. The van der Waals surface area contributed by atoms with E-state index in [9.17, 15) is 9.59 Å². The van der Waals surface area contributed by atoms with Crippen molar-refractivity contribution in [3.63, 3.8) is 0 Å². The molecule has 26 heavy (non-hydrogen) atoms. The molecular weight excluding hydrogens is 334 g/mol. The van der Waals surface area contributed by atoms with Crippen LogP contribution >= 0.6 is 0 Å². The molecule has 0 aromatic heterocycles. The molecule has 6 heteroatoms. The number of amides is 1. The largest absolute Gasteiger partial charge is 0.495 e. The van der Waals surface area contributed by atoms with Crippen LogP contribution in [0.4, 0.5) is 5.69 Å². The molecule has 0 bridgehead atoms. The highest BCUT2D eigenvalue weighted by Gasteiger charge is 2.10. The Morgan fingerprint density at radius 2 is 1.73 bits per heavy atom. The zero-order valence-corrected chi connectivity index (χ0v) is 15.2. The zero-order chi connectivity index (χ0) is 18.9. The van der Waals surface area contributed by atoms with Crippen LogP contribution in [0.1, 0.15) is 24.2 Å². The van der Waals surface area contributed by atoms with Gasteiger partial charge in [-0.2, -0.15) is 0 Å². The monoisotopic (exact) mass is 357 g/mol. The second kappa shape index (κ2) is 9.46. The summed E-state index contributed by atoms with van der Waals surface area (Å²) in [6, 6.07) is 13.7. The van der Waals surface area contributed by atoms with Crippen molar-refractivity contribution in [2.45, 2.75) is 13.8 Å². The van der Waals surface area contributed by atoms with Gasteiger partial charge in [0.25, 0.3) is 5.91 Å². The summed E-state index contributed by atoms with van der Waals surface area (Å²) in [5, 5.41) is 2.80. The lowest BCUT2D eigenvalue weighted by Crippen LogP contribution is -2.17. The van der Waals surface area contributed by atoms with E-state index in [1.54, 1.807) is 43.5 Å². The van der Waals surface area contributed by atoms with E-state index in [4.69, 9.17) is 14.2 Å². The number of hydrogen-bond acceptors (Lipinski definition) is 5. The molecule has 0 atom stereocenters. The molecule has 0 saturated heterocycles. The van der Waals surface area contributed by atoms with E-state index >= 15 is 0 Å². The number of esters is 1. The molecular formula is C20H23NO5. The van der Waals surface area contributed by atoms with Gasteiger partial charge in [-0.3, -0.25) is 4.79 Å². The van der Waals surface area contributed by atoms with E-state index in [0.717, 1.165) is 0 Å². The first-order valence-electron chi connectivity index (χ1n) is 8.32. The average molecular weight is 357 g/mol. The van der Waals surface area contributed by atoms with Crippen LogP contribution < -0.4 is 14.8 Å². The van der Waals surface area contributed by atoms with Crippen LogP contribution in [0.2, 0.25) is 0 Å². The van der Waals surface area contributed by atoms with Crippen LogP contribution in [0.5, 0.6) is 11.5 Å². The van der Waals surface area contributed by atoms with Gasteiger partial charge in [-0.25, -0.2) is 4.79 Å². The minimum Gasteiger partial charge on any atom is -0.495 e. The van der Waals surface area contributed by atoms with E-state index in [1.807, 2.05) is 26.0 Å². The Balaban J connectivity index is 1.90. The standard InChI is InChI=1S/C20H23NO5/c1-14(2)12-26-19(22)13-25-16-10-8-15(9-11-16)20(23)21-17-6-4-5-7-18(17)24-3/h4-11,14H,12-13H2,1-3H3,(H,21,23). The first-order chi connectivity index (χ1) is 12.5. The van der Waals surface area contributed by atoms with Crippen molar-refractivity contribution in [1.29, 1.82) is 0 Å². The Bertz CT molecular complexity index is 740. The van der Waals surface area contributed by atoms with Gasteiger partial charge in [-0.05, 0) is 42.3 Å². The van der Waals surface area contributed by atoms with E-state index in [1.165, 1.54) is 0 Å². The average Bonchev–Trinajstić information content (AvgIpc) is 2.65. The summed E-state index contributed by atoms with van der Waals surface area (Å²) in [5.41, 5.74) is 1.05. The minimum absolute atomic E-state index is 0.167. The number of ether oxygens (including phenoxy) is 3. The van der Waals surface area contributed by atoms with Crippen molar-refractivity contribution < 1.29 is 23.8 Å². The fraction of sp³-hybridized carbons (Fsp3) is 0.300. The van der Waals surface area contributed by atoms with Crippen LogP contribution in [0, 0.1) is 5.92 Å². The quantitative estimate of drug-likeness (QED) is 0.732. The van der Waals surface area contributed by atoms with Gasteiger partial charge in [0.1, 0.15) is 11.5 Å². The van der Waals surface area contributed by atoms with E-state index < -0.39 is 5.97 Å². The number of para-hydroxylation sites is 2. The van der Waals surface area contributed by atoms with Crippen molar-refractivity contribution in [2.24, 2.45) is 5.92 Å². The highest BCUT2D eigenvalue weighted by Crippen LogP contribution is 2.24. The maximum atomic E-state index is 12.3. The molecule has 2 aromatic rings. The third-order valence-electron chi connectivity index (χ3n) is 3.41. The molecule has 0 aliphatic rings. The van der Waals surface area contributed by atoms with E-state index in [2.05, 4.69) is 5.32 Å². The van der Waals surface area contributed by atoms with Gasteiger partial charge in [-0.1, -0.05) is 26.0 Å². The van der Waals surface area contributed by atoms with Crippen LogP contribution in [-0.2, 0) is 9.53 Å². The topological polar surface area (TPSA) is 73.9 Å². The SMILES string of the molecule is COc1ccccc1NC(=O)c1ccc(OCC(=O)OCC(C)C)cc1.